The largest absolute Gasteiger partial charge is 0.488 e. The molecule has 218 valence electrons. The van der Waals surface area contributed by atoms with Gasteiger partial charge in [0.2, 0.25) is 11.6 Å². The molecule has 0 saturated carbocycles. The zero-order valence-corrected chi connectivity index (χ0v) is 23.2. The number of ether oxygens (including phenoxy) is 2. The molecule has 0 radical (unpaired) electrons. The smallest absolute Gasteiger partial charge is 0.292 e. The van der Waals surface area contributed by atoms with Gasteiger partial charge < -0.3 is 15.2 Å². The van der Waals surface area contributed by atoms with Gasteiger partial charge in [-0.15, -0.1) is 5.10 Å². The Bertz CT molecular complexity index is 1620. The predicted octanol–water partition coefficient (Wildman–Crippen LogP) is 2.62. The number of non-ortho nitro benzene ring substituents is 1. The summed E-state index contributed by atoms with van der Waals surface area (Å²) in [5.41, 5.74) is 9.07. The standard InChI is InChI=1S/C24H22Cl2N10O6/c25-17-2-1-3-18(26)16(17)13-41-20-5-4-15(36(38)39)10-14(20)11-28-30-24(37)21-19(12-34-6-8-40-9-7-34)29-33-35(21)23-22(27)31-42-32-23/h1-5,10-11H,6-9,12-13H2,(H2,27,31)(H,30,37)/b28-11+. The van der Waals surface area contributed by atoms with Crippen LogP contribution >= 0.6 is 23.2 Å². The molecule has 0 unspecified atom stereocenters. The Morgan fingerprint density at radius 2 is 1.98 bits per heavy atom. The number of carbonyl (C=O) groups excluding carboxylic acids is 1. The number of morpholine rings is 1. The van der Waals surface area contributed by atoms with Crippen molar-refractivity contribution in [3.05, 3.63) is 79.1 Å². The van der Waals surface area contributed by atoms with Gasteiger partial charge in [-0.1, -0.05) is 34.5 Å². The van der Waals surface area contributed by atoms with Crippen molar-refractivity contribution in [2.75, 3.05) is 32.0 Å². The van der Waals surface area contributed by atoms with E-state index in [1.54, 1.807) is 18.2 Å². The highest BCUT2D eigenvalue weighted by molar-refractivity contribution is 6.35. The first-order valence-electron chi connectivity index (χ1n) is 12.3. The van der Waals surface area contributed by atoms with E-state index in [4.69, 9.17) is 38.4 Å². The van der Waals surface area contributed by atoms with Gasteiger partial charge in [0.1, 0.15) is 18.1 Å². The van der Waals surface area contributed by atoms with Crippen LogP contribution in [0.1, 0.15) is 27.3 Å². The summed E-state index contributed by atoms with van der Waals surface area (Å²) in [6.45, 7) is 2.61. The summed E-state index contributed by atoms with van der Waals surface area (Å²) in [5, 5.41) is 31.6. The second-order valence-electron chi connectivity index (χ2n) is 8.83. The van der Waals surface area contributed by atoms with Crippen LogP contribution in [0.5, 0.6) is 5.75 Å². The molecule has 0 atom stereocenters. The Morgan fingerprint density at radius 1 is 1.21 bits per heavy atom. The third-order valence-electron chi connectivity index (χ3n) is 6.14. The van der Waals surface area contributed by atoms with E-state index in [0.29, 0.717) is 47.6 Å². The van der Waals surface area contributed by atoms with Gasteiger partial charge >= 0.3 is 0 Å². The van der Waals surface area contributed by atoms with E-state index in [9.17, 15) is 14.9 Å². The molecular formula is C24H22Cl2N10O6. The number of benzene rings is 2. The molecule has 5 rings (SSSR count). The average molecular weight is 617 g/mol. The number of halogens is 2. The second kappa shape index (κ2) is 12.9. The minimum atomic E-state index is -0.711. The lowest BCUT2D eigenvalue weighted by atomic mass is 10.2. The van der Waals surface area contributed by atoms with Crippen molar-refractivity contribution in [2.45, 2.75) is 13.2 Å². The molecule has 2 aromatic heterocycles. The lowest BCUT2D eigenvalue weighted by Crippen LogP contribution is -2.36. The van der Waals surface area contributed by atoms with E-state index in [1.807, 2.05) is 4.90 Å². The molecule has 42 heavy (non-hydrogen) atoms. The highest BCUT2D eigenvalue weighted by atomic mass is 35.5. The van der Waals surface area contributed by atoms with Gasteiger partial charge in [-0.2, -0.15) is 9.78 Å². The summed E-state index contributed by atoms with van der Waals surface area (Å²) in [6.07, 6.45) is 1.20. The molecule has 1 aliphatic rings. The monoisotopic (exact) mass is 616 g/mol. The summed E-state index contributed by atoms with van der Waals surface area (Å²) >= 11 is 12.5. The molecule has 3 N–H and O–H groups in total. The van der Waals surface area contributed by atoms with Crippen LogP contribution in [0.2, 0.25) is 10.0 Å². The van der Waals surface area contributed by atoms with E-state index in [2.05, 4.69) is 35.8 Å². The summed E-state index contributed by atoms with van der Waals surface area (Å²) in [5.74, 6) is -0.613. The Labute approximate surface area is 247 Å². The quantitative estimate of drug-likeness (QED) is 0.150. The van der Waals surface area contributed by atoms with Crippen LogP contribution in [-0.4, -0.2) is 73.6 Å². The first-order valence-corrected chi connectivity index (χ1v) is 13.1. The number of amides is 1. The van der Waals surface area contributed by atoms with Gasteiger partial charge in [-0.3, -0.25) is 19.8 Å². The molecule has 4 aromatic rings. The van der Waals surface area contributed by atoms with Crippen molar-refractivity contribution in [2.24, 2.45) is 5.10 Å². The normalized spacial score (nSPS) is 13.9. The number of aromatic nitrogens is 5. The number of nitrogen functional groups attached to an aromatic ring is 1. The van der Waals surface area contributed by atoms with Crippen molar-refractivity contribution in [3.8, 4) is 11.6 Å². The number of nitrogens with zero attached hydrogens (tertiary/aromatic N) is 8. The Hall–Kier alpha value is -4.64. The summed E-state index contributed by atoms with van der Waals surface area (Å²) in [6, 6.07) is 8.95. The van der Waals surface area contributed by atoms with Crippen LogP contribution in [0.3, 0.4) is 0 Å². The fraction of sp³-hybridized carbons (Fsp3) is 0.250. The summed E-state index contributed by atoms with van der Waals surface area (Å²) in [7, 11) is 0. The number of anilines is 1. The number of hydrogen-bond acceptors (Lipinski definition) is 13. The minimum Gasteiger partial charge on any atom is -0.488 e. The average Bonchev–Trinajstić information content (AvgIpc) is 3.59. The van der Waals surface area contributed by atoms with Gasteiger partial charge in [0, 0.05) is 52.9 Å². The van der Waals surface area contributed by atoms with Crippen molar-refractivity contribution >= 4 is 46.8 Å². The van der Waals surface area contributed by atoms with Gasteiger partial charge in [-0.25, -0.2) is 10.1 Å². The third-order valence-corrected chi connectivity index (χ3v) is 6.84. The van der Waals surface area contributed by atoms with Gasteiger partial charge in [0.05, 0.1) is 24.4 Å². The number of nitrogens with one attached hydrogen (secondary N) is 1. The van der Waals surface area contributed by atoms with Crippen molar-refractivity contribution in [1.82, 2.24) is 35.6 Å². The Kier molecular flexibility index (Phi) is 8.87. The minimum absolute atomic E-state index is 0.00933. The number of nitro groups is 1. The maximum absolute atomic E-state index is 13.4. The summed E-state index contributed by atoms with van der Waals surface area (Å²) < 4.78 is 17.0. The van der Waals surface area contributed by atoms with Crippen LogP contribution in [-0.2, 0) is 17.9 Å². The fourth-order valence-corrected chi connectivity index (χ4v) is 4.53. The Balaban J connectivity index is 1.39. The van der Waals surface area contributed by atoms with Crippen molar-refractivity contribution < 1.29 is 23.8 Å². The fourth-order valence-electron chi connectivity index (χ4n) is 4.02. The maximum Gasteiger partial charge on any atom is 0.292 e. The van der Waals surface area contributed by atoms with E-state index in [-0.39, 0.29) is 47.5 Å². The van der Waals surface area contributed by atoms with Crippen LogP contribution in [0.15, 0.2) is 46.1 Å². The number of hydrazone groups is 1. The summed E-state index contributed by atoms with van der Waals surface area (Å²) in [4.78, 5) is 26.3. The van der Waals surface area contributed by atoms with Crippen LogP contribution in [0, 0.1) is 10.1 Å². The molecule has 1 amide bonds. The van der Waals surface area contributed by atoms with Crippen LogP contribution < -0.4 is 15.9 Å². The molecule has 0 spiro atoms. The zero-order chi connectivity index (χ0) is 29.6. The van der Waals surface area contributed by atoms with Crippen molar-refractivity contribution in [1.29, 1.82) is 0 Å². The SMILES string of the molecule is Nc1nonc1-n1nnc(CN2CCOCC2)c1C(=O)N/N=C/c1cc([N+](=O)[O-])ccc1OCc1c(Cl)cccc1Cl. The molecule has 2 aromatic carbocycles. The van der Waals surface area contributed by atoms with Crippen LogP contribution in [0.25, 0.3) is 5.82 Å². The number of nitro benzene ring substituents is 1. The molecule has 0 aliphatic carbocycles. The topological polar surface area (TPSA) is 202 Å². The molecule has 0 bridgehead atoms. The maximum atomic E-state index is 13.4. The molecule has 3 heterocycles. The highest BCUT2D eigenvalue weighted by Crippen LogP contribution is 2.28. The van der Waals surface area contributed by atoms with Crippen molar-refractivity contribution in [3.63, 3.8) is 0 Å². The number of carbonyl (C=O) groups is 1. The third kappa shape index (κ3) is 6.46. The predicted molar refractivity (Wildman–Crippen MR) is 149 cm³/mol. The molecule has 16 nitrogen and oxygen atoms in total. The second-order valence-corrected chi connectivity index (χ2v) is 9.64. The number of nitrogens with two attached hydrogens (primary N) is 1. The van der Waals surface area contributed by atoms with Gasteiger partial charge in [-0.05, 0) is 28.5 Å². The number of rotatable bonds is 10. The Morgan fingerprint density at radius 3 is 2.67 bits per heavy atom. The van der Waals surface area contributed by atoms with Gasteiger partial charge in [0.15, 0.2) is 5.69 Å². The first-order chi connectivity index (χ1) is 20.3. The van der Waals surface area contributed by atoms with E-state index < -0.39 is 10.8 Å². The van der Waals surface area contributed by atoms with Crippen LogP contribution in [0.4, 0.5) is 11.5 Å². The molecule has 18 heteroatoms. The van der Waals surface area contributed by atoms with E-state index in [0.717, 1.165) is 4.68 Å². The highest BCUT2D eigenvalue weighted by Gasteiger charge is 2.27. The van der Waals surface area contributed by atoms with E-state index >= 15 is 0 Å². The zero-order valence-electron chi connectivity index (χ0n) is 21.6. The molecule has 1 aliphatic heterocycles. The lowest BCUT2D eigenvalue weighted by Gasteiger charge is -2.25. The first kappa shape index (κ1) is 28.9. The molecule has 1 fully saturated rings. The molecule has 1 saturated heterocycles. The van der Waals surface area contributed by atoms with E-state index in [1.165, 1.54) is 24.4 Å². The molecular weight excluding hydrogens is 595 g/mol. The number of hydrogen-bond donors (Lipinski definition) is 2. The van der Waals surface area contributed by atoms with Gasteiger partial charge in [0.25, 0.3) is 11.6 Å². The lowest BCUT2D eigenvalue weighted by molar-refractivity contribution is -0.384.